The van der Waals surface area contributed by atoms with E-state index in [-0.39, 0.29) is 18.2 Å². The molecule has 0 saturated carbocycles. The van der Waals surface area contributed by atoms with Crippen molar-refractivity contribution in [2.24, 2.45) is 0 Å². The van der Waals surface area contributed by atoms with Crippen molar-refractivity contribution in [1.82, 2.24) is 15.8 Å². The minimum absolute atomic E-state index is 0.189. The van der Waals surface area contributed by atoms with Crippen molar-refractivity contribution in [3.8, 4) is 0 Å². The summed E-state index contributed by atoms with van der Waals surface area (Å²) >= 11 is 1.57. The van der Waals surface area contributed by atoms with Crippen LogP contribution in [-0.4, -0.2) is 23.1 Å². The Morgan fingerprint density at radius 1 is 1.12 bits per heavy atom. The zero-order chi connectivity index (χ0) is 17.8. The van der Waals surface area contributed by atoms with E-state index >= 15 is 0 Å². The van der Waals surface area contributed by atoms with Crippen LogP contribution < -0.4 is 10.9 Å². The van der Waals surface area contributed by atoms with Crippen LogP contribution in [0, 0.1) is 6.92 Å². The Bertz CT molecular complexity index is 933. The first-order valence-electron chi connectivity index (χ1n) is 7.87. The molecule has 0 fully saturated rings. The van der Waals surface area contributed by atoms with Gasteiger partial charge in [-0.25, -0.2) is 0 Å². The largest absolute Gasteiger partial charge is 0.361 e. The molecule has 3 rings (SSSR count). The van der Waals surface area contributed by atoms with Crippen molar-refractivity contribution < 1.29 is 9.59 Å². The Morgan fingerprint density at radius 2 is 1.92 bits per heavy atom. The summed E-state index contributed by atoms with van der Waals surface area (Å²) in [6, 6.07) is 13.5. The molecule has 3 aromatic rings. The third kappa shape index (κ3) is 3.85. The molecular formula is C19H19N3O2S. The summed E-state index contributed by atoms with van der Waals surface area (Å²) in [7, 11) is 0. The number of fused-ring (bicyclic) bond motifs is 1. The summed E-state index contributed by atoms with van der Waals surface area (Å²) in [6.45, 7) is 1.87. The van der Waals surface area contributed by atoms with Gasteiger partial charge in [0, 0.05) is 27.6 Å². The molecule has 128 valence electrons. The quantitative estimate of drug-likeness (QED) is 0.498. The van der Waals surface area contributed by atoms with Crippen molar-refractivity contribution in [3.05, 3.63) is 65.4 Å². The highest BCUT2D eigenvalue weighted by atomic mass is 32.2. The van der Waals surface area contributed by atoms with Crippen molar-refractivity contribution in [3.63, 3.8) is 0 Å². The predicted molar refractivity (Wildman–Crippen MR) is 101 cm³/mol. The number of para-hydroxylation sites is 1. The first kappa shape index (κ1) is 17.1. The standard InChI is InChI=1S/C19H19N3O2S/c1-12-7-8-14(25-2)10-16(12)19(24)22-21-18(23)9-13-11-20-17-6-4-3-5-15(13)17/h3-8,10-11,20H,9H2,1-2H3,(H,21,23)(H,22,24). The van der Waals surface area contributed by atoms with E-state index in [4.69, 9.17) is 0 Å². The van der Waals surface area contributed by atoms with Crippen LogP contribution in [0.15, 0.2) is 53.6 Å². The number of aromatic amines is 1. The monoisotopic (exact) mass is 353 g/mol. The molecule has 6 heteroatoms. The molecule has 0 atom stereocenters. The van der Waals surface area contributed by atoms with E-state index in [2.05, 4.69) is 15.8 Å². The molecule has 0 radical (unpaired) electrons. The highest BCUT2D eigenvalue weighted by Gasteiger charge is 2.12. The number of hydrazine groups is 1. The Labute approximate surface area is 150 Å². The lowest BCUT2D eigenvalue weighted by atomic mass is 10.1. The van der Waals surface area contributed by atoms with Crippen LogP contribution >= 0.6 is 11.8 Å². The number of carbonyl (C=O) groups is 2. The molecule has 0 unspecified atom stereocenters. The van der Waals surface area contributed by atoms with Crippen molar-refractivity contribution in [1.29, 1.82) is 0 Å². The van der Waals surface area contributed by atoms with Gasteiger partial charge in [0.15, 0.2) is 0 Å². The predicted octanol–water partition coefficient (Wildman–Crippen LogP) is 3.20. The second-order valence-corrected chi connectivity index (χ2v) is 6.60. The molecule has 1 heterocycles. The number of nitrogens with one attached hydrogen (secondary N) is 3. The Kier molecular flexibility index (Phi) is 5.09. The topological polar surface area (TPSA) is 74.0 Å². The highest BCUT2D eigenvalue weighted by molar-refractivity contribution is 7.98. The minimum Gasteiger partial charge on any atom is -0.361 e. The fourth-order valence-electron chi connectivity index (χ4n) is 2.66. The number of carbonyl (C=O) groups excluding carboxylic acids is 2. The molecule has 3 N–H and O–H groups in total. The molecule has 0 aliphatic heterocycles. The third-order valence-electron chi connectivity index (χ3n) is 4.03. The van der Waals surface area contributed by atoms with Crippen LogP contribution in [0.4, 0.5) is 0 Å². The van der Waals surface area contributed by atoms with Gasteiger partial charge in [-0.2, -0.15) is 0 Å². The second kappa shape index (κ2) is 7.44. The number of hydrogen-bond donors (Lipinski definition) is 3. The number of hydrogen-bond acceptors (Lipinski definition) is 3. The maximum Gasteiger partial charge on any atom is 0.269 e. The maximum absolute atomic E-state index is 12.3. The fraction of sp³-hybridized carbons (Fsp3) is 0.158. The highest BCUT2D eigenvalue weighted by Crippen LogP contribution is 2.19. The van der Waals surface area contributed by atoms with Gasteiger partial charge in [-0.15, -0.1) is 11.8 Å². The molecular weight excluding hydrogens is 334 g/mol. The van der Waals surface area contributed by atoms with Crippen LogP contribution in [-0.2, 0) is 11.2 Å². The van der Waals surface area contributed by atoms with Gasteiger partial charge >= 0.3 is 0 Å². The Hall–Kier alpha value is -2.73. The normalized spacial score (nSPS) is 10.6. The molecule has 0 spiro atoms. The third-order valence-corrected chi connectivity index (χ3v) is 4.76. The molecule has 2 amide bonds. The van der Waals surface area contributed by atoms with Crippen LogP contribution in [0.2, 0.25) is 0 Å². The number of thioether (sulfide) groups is 1. The van der Waals surface area contributed by atoms with Gasteiger partial charge in [0.1, 0.15) is 0 Å². The lowest BCUT2D eigenvalue weighted by Crippen LogP contribution is -2.42. The summed E-state index contributed by atoms with van der Waals surface area (Å²) in [4.78, 5) is 28.6. The summed E-state index contributed by atoms with van der Waals surface area (Å²) in [5.41, 5.74) is 8.28. The Morgan fingerprint density at radius 3 is 2.72 bits per heavy atom. The van der Waals surface area contributed by atoms with Crippen molar-refractivity contribution in [2.45, 2.75) is 18.2 Å². The average molecular weight is 353 g/mol. The van der Waals surface area contributed by atoms with E-state index in [0.29, 0.717) is 5.56 Å². The van der Waals surface area contributed by atoms with E-state index in [1.807, 2.05) is 61.8 Å². The molecule has 0 aliphatic carbocycles. The van der Waals surface area contributed by atoms with Crippen molar-refractivity contribution >= 4 is 34.5 Å². The van der Waals surface area contributed by atoms with E-state index in [9.17, 15) is 9.59 Å². The van der Waals surface area contributed by atoms with E-state index < -0.39 is 0 Å². The van der Waals surface area contributed by atoms with Gasteiger partial charge in [0.25, 0.3) is 5.91 Å². The number of amides is 2. The van der Waals surface area contributed by atoms with Gasteiger partial charge in [0.2, 0.25) is 5.91 Å². The van der Waals surface area contributed by atoms with E-state index in [1.165, 1.54) is 0 Å². The number of aromatic nitrogens is 1. The number of H-pyrrole nitrogens is 1. The molecule has 1 aromatic heterocycles. The van der Waals surface area contributed by atoms with Gasteiger partial charge in [-0.1, -0.05) is 24.3 Å². The van der Waals surface area contributed by atoms with Gasteiger partial charge in [-0.3, -0.25) is 20.4 Å². The van der Waals surface area contributed by atoms with Crippen LogP contribution in [0.5, 0.6) is 0 Å². The summed E-state index contributed by atoms with van der Waals surface area (Å²) in [5, 5.41) is 1.01. The first-order chi connectivity index (χ1) is 12.1. The lowest BCUT2D eigenvalue weighted by Gasteiger charge is -2.10. The van der Waals surface area contributed by atoms with Crippen LogP contribution in [0.25, 0.3) is 10.9 Å². The minimum atomic E-state index is -0.319. The molecule has 25 heavy (non-hydrogen) atoms. The lowest BCUT2D eigenvalue weighted by molar-refractivity contribution is -0.121. The molecule has 2 aromatic carbocycles. The zero-order valence-electron chi connectivity index (χ0n) is 14.1. The first-order valence-corrected chi connectivity index (χ1v) is 9.10. The van der Waals surface area contributed by atoms with Gasteiger partial charge in [0.05, 0.1) is 6.42 Å². The summed E-state index contributed by atoms with van der Waals surface area (Å²) in [6.07, 6.45) is 3.96. The molecule has 0 aliphatic rings. The number of rotatable bonds is 4. The van der Waals surface area contributed by atoms with E-state index in [1.54, 1.807) is 11.8 Å². The number of aryl methyl sites for hydroxylation is 1. The van der Waals surface area contributed by atoms with Crippen LogP contribution in [0.3, 0.4) is 0 Å². The van der Waals surface area contributed by atoms with Gasteiger partial charge in [-0.05, 0) is 42.5 Å². The molecule has 0 bridgehead atoms. The van der Waals surface area contributed by atoms with Crippen LogP contribution in [0.1, 0.15) is 21.5 Å². The van der Waals surface area contributed by atoms with E-state index in [0.717, 1.165) is 26.9 Å². The smallest absolute Gasteiger partial charge is 0.269 e. The molecule has 0 saturated heterocycles. The average Bonchev–Trinajstić information content (AvgIpc) is 3.03. The number of benzene rings is 2. The second-order valence-electron chi connectivity index (χ2n) is 5.72. The SMILES string of the molecule is CSc1ccc(C)c(C(=O)NNC(=O)Cc2c[nH]c3ccccc23)c1. The summed E-state index contributed by atoms with van der Waals surface area (Å²) < 4.78 is 0. The molecule has 5 nitrogen and oxygen atoms in total. The fourth-order valence-corrected chi connectivity index (χ4v) is 3.10. The Balaban J connectivity index is 1.63. The van der Waals surface area contributed by atoms with Crippen molar-refractivity contribution in [2.75, 3.05) is 6.26 Å². The van der Waals surface area contributed by atoms with Gasteiger partial charge < -0.3 is 4.98 Å². The zero-order valence-corrected chi connectivity index (χ0v) is 14.9. The summed E-state index contributed by atoms with van der Waals surface area (Å²) in [5.74, 6) is -0.586. The maximum atomic E-state index is 12.3.